The summed E-state index contributed by atoms with van der Waals surface area (Å²) in [7, 11) is 0. The molecule has 0 N–H and O–H groups in total. The fourth-order valence-corrected chi connectivity index (χ4v) is 1.37. The first-order valence-corrected chi connectivity index (χ1v) is 5.17. The molecule has 0 saturated carbocycles. The summed E-state index contributed by atoms with van der Waals surface area (Å²) in [5.41, 5.74) is 0.711. The highest BCUT2D eigenvalue weighted by atomic mass is 19.1. The largest absolute Gasteiger partial charge is 0.419 e. The van der Waals surface area contributed by atoms with Gasteiger partial charge in [-0.15, -0.1) is 0 Å². The predicted octanol–water partition coefficient (Wildman–Crippen LogP) is 2.89. The highest BCUT2D eigenvalue weighted by molar-refractivity contribution is 5.89. The van der Waals surface area contributed by atoms with Crippen molar-refractivity contribution in [2.45, 2.75) is 6.92 Å². The van der Waals surface area contributed by atoms with Crippen molar-refractivity contribution in [1.82, 2.24) is 4.98 Å². The molecule has 92 valence electrons. The van der Waals surface area contributed by atoms with Crippen LogP contribution in [0.25, 0.3) is 0 Å². The van der Waals surface area contributed by atoms with Gasteiger partial charge in [-0.3, -0.25) is 0 Å². The number of esters is 1. The number of ether oxygens (including phenoxy) is 1. The lowest BCUT2D eigenvalue weighted by molar-refractivity contribution is 0.0721. The zero-order valence-corrected chi connectivity index (χ0v) is 9.48. The number of aryl methyl sites for hydroxylation is 1. The molecule has 1 heterocycles. The Bertz CT molecular complexity index is 599. The van der Waals surface area contributed by atoms with E-state index in [1.54, 1.807) is 19.1 Å². The summed E-state index contributed by atoms with van der Waals surface area (Å²) in [6, 6.07) is 7.52. The highest BCUT2D eigenvalue weighted by Crippen LogP contribution is 2.18. The molecule has 0 spiro atoms. The van der Waals surface area contributed by atoms with Crippen LogP contribution in [0.2, 0.25) is 0 Å². The van der Waals surface area contributed by atoms with Crippen molar-refractivity contribution in [1.29, 1.82) is 0 Å². The second kappa shape index (κ2) is 4.91. The Morgan fingerprint density at radius 2 is 2.00 bits per heavy atom. The molecule has 18 heavy (non-hydrogen) atoms. The van der Waals surface area contributed by atoms with E-state index in [2.05, 4.69) is 4.98 Å². The Hall–Kier alpha value is -2.30. The number of nitrogens with zero attached hydrogens (tertiary/aromatic N) is 1. The van der Waals surface area contributed by atoms with Gasteiger partial charge in [-0.2, -0.15) is 0 Å². The summed E-state index contributed by atoms with van der Waals surface area (Å²) in [6.45, 7) is 1.72. The second-order valence-corrected chi connectivity index (χ2v) is 3.63. The number of pyridine rings is 1. The van der Waals surface area contributed by atoms with Gasteiger partial charge in [-0.25, -0.2) is 18.6 Å². The lowest BCUT2D eigenvalue weighted by Gasteiger charge is -2.05. The Morgan fingerprint density at radius 3 is 2.67 bits per heavy atom. The average Bonchev–Trinajstić information content (AvgIpc) is 2.32. The molecule has 0 bridgehead atoms. The number of rotatable bonds is 2. The fourth-order valence-electron chi connectivity index (χ4n) is 1.37. The Balaban J connectivity index is 2.21. The van der Waals surface area contributed by atoms with Crippen molar-refractivity contribution in [3.63, 3.8) is 0 Å². The summed E-state index contributed by atoms with van der Waals surface area (Å²) >= 11 is 0. The maximum atomic E-state index is 13.3. The number of halogens is 2. The van der Waals surface area contributed by atoms with E-state index in [9.17, 15) is 13.6 Å². The minimum absolute atomic E-state index is 0.0683. The highest BCUT2D eigenvalue weighted by Gasteiger charge is 2.13. The standard InChI is InChI=1S/C13H9F2NO2/c1-8-3-2-4-11(16-8)13(17)18-12-6-5-9(14)7-10(12)15/h2-7H,1H3. The van der Waals surface area contributed by atoms with Gasteiger partial charge < -0.3 is 4.74 Å². The van der Waals surface area contributed by atoms with Gasteiger partial charge in [0.05, 0.1) is 0 Å². The normalized spacial score (nSPS) is 10.2. The van der Waals surface area contributed by atoms with Crippen molar-refractivity contribution in [2.75, 3.05) is 0 Å². The molecule has 0 radical (unpaired) electrons. The number of carbonyl (C=O) groups is 1. The predicted molar refractivity (Wildman–Crippen MR) is 60.3 cm³/mol. The molecule has 1 aromatic carbocycles. The fraction of sp³-hybridized carbons (Fsp3) is 0.0769. The molecular weight excluding hydrogens is 240 g/mol. The van der Waals surface area contributed by atoms with E-state index in [1.165, 1.54) is 6.07 Å². The van der Waals surface area contributed by atoms with Gasteiger partial charge in [-0.05, 0) is 31.2 Å². The van der Waals surface area contributed by atoms with Crippen LogP contribution in [0.1, 0.15) is 16.2 Å². The molecule has 0 aliphatic heterocycles. The number of aromatic nitrogens is 1. The van der Waals surface area contributed by atoms with Crippen molar-refractivity contribution >= 4 is 5.97 Å². The third-order valence-electron chi connectivity index (χ3n) is 2.19. The Kier molecular flexibility index (Phi) is 3.32. The number of benzene rings is 1. The first kappa shape index (κ1) is 12.2. The van der Waals surface area contributed by atoms with Crippen molar-refractivity contribution in [2.24, 2.45) is 0 Å². The van der Waals surface area contributed by atoms with E-state index in [-0.39, 0.29) is 11.4 Å². The van der Waals surface area contributed by atoms with E-state index < -0.39 is 17.6 Å². The molecule has 3 nitrogen and oxygen atoms in total. The first-order chi connectivity index (χ1) is 8.56. The summed E-state index contributed by atoms with van der Waals surface area (Å²) in [4.78, 5) is 15.6. The third-order valence-corrected chi connectivity index (χ3v) is 2.19. The smallest absolute Gasteiger partial charge is 0.362 e. The minimum Gasteiger partial charge on any atom is -0.419 e. The van der Waals surface area contributed by atoms with Crippen LogP contribution >= 0.6 is 0 Å². The molecule has 0 atom stereocenters. The zero-order valence-electron chi connectivity index (χ0n) is 9.48. The molecule has 0 aliphatic carbocycles. The molecule has 2 rings (SSSR count). The summed E-state index contributed by atoms with van der Waals surface area (Å²) in [6.07, 6.45) is 0. The van der Waals surface area contributed by atoms with Gasteiger partial charge in [0.15, 0.2) is 11.6 Å². The zero-order chi connectivity index (χ0) is 13.1. The quantitative estimate of drug-likeness (QED) is 0.606. The molecule has 0 aliphatic rings. The van der Waals surface area contributed by atoms with Crippen molar-refractivity contribution < 1.29 is 18.3 Å². The van der Waals surface area contributed by atoms with Gasteiger partial charge in [0, 0.05) is 11.8 Å². The van der Waals surface area contributed by atoms with Crippen LogP contribution in [0.15, 0.2) is 36.4 Å². The maximum Gasteiger partial charge on any atom is 0.362 e. The van der Waals surface area contributed by atoms with Crippen molar-refractivity contribution in [3.05, 3.63) is 59.4 Å². The van der Waals surface area contributed by atoms with Crippen LogP contribution in [0.4, 0.5) is 8.78 Å². The van der Waals surface area contributed by atoms with Gasteiger partial charge in [0.2, 0.25) is 0 Å². The summed E-state index contributed by atoms with van der Waals surface area (Å²) in [5, 5.41) is 0. The van der Waals surface area contributed by atoms with Crippen LogP contribution < -0.4 is 4.74 Å². The van der Waals surface area contributed by atoms with Crippen LogP contribution in [-0.2, 0) is 0 Å². The van der Waals surface area contributed by atoms with E-state index in [1.807, 2.05) is 0 Å². The molecule has 0 saturated heterocycles. The van der Waals surface area contributed by atoms with Crippen LogP contribution in [0.5, 0.6) is 5.75 Å². The lowest BCUT2D eigenvalue weighted by Crippen LogP contribution is -2.11. The van der Waals surface area contributed by atoms with E-state index >= 15 is 0 Å². The molecule has 0 fully saturated rings. The molecule has 5 heteroatoms. The van der Waals surface area contributed by atoms with Crippen molar-refractivity contribution in [3.8, 4) is 5.75 Å². The monoisotopic (exact) mass is 249 g/mol. The van der Waals surface area contributed by atoms with Gasteiger partial charge >= 0.3 is 5.97 Å². The summed E-state index contributed by atoms with van der Waals surface area (Å²) < 4.78 is 30.7. The molecule has 0 unspecified atom stereocenters. The summed E-state index contributed by atoms with van der Waals surface area (Å²) in [5.74, 6) is -2.79. The molecule has 2 aromatic rings. The number of hydrogen-bond donors (Lipinski definition) is 0. The molecule has 0 amide bonds. The van der Waals surface area contributed by atoms with Crippen LogP contribution in [0.3, 0.4) is 0 Å². The topological polar surface area (TPSA) is 39.2 Å². The Morgan fingerprint density at radius 1 is 1.22 bits per heavy atom. The van der Waals surface area contributed by atoms with Crippen LogP contribution in [-0.4, -0.2) is 11.0 Å². The first-order valence-electron chi connectivity index (χ1n) is 5.17. The number of carbonyl (C=O) groups excluding carboxylic acids is 1. The van der Waals surface area contributed by atoms with Gasteiger partial charge in [0.25, 0.3) is 0 Å². The maximum absolute atomic E-state index is 13.3. The Labute approximate surface area is 102 Å². The van der Waals surface area contributed by atoms with E-state index in [0.717, 1.165) is 12.1 Å². The second-order valence-electron chi connectivity index (χ2n) is 3.63. The minimum atomic E-state index is -0.934. The van der Waals surface area contributed by atoms with Crippen LogP contribution in [0, 0.1) is 18.6 Å². The average molecular weight is 249 g/mol. The molecular formula is C13H9F2NO2. The molecule has 1 aromatic heterocycles. The third kappa shape index (κ3) is 2.68. The van der Waals surface area contributed by atoms with Gasteiger partial charge in [0.1, 0.15) is 11.5 Å². The lowest BCUT2D eigenvalue weighted by atomic mass is 10.3. The van der Waals surface area contributed by atoms with E-state index in [4.69, 9.17) is 4.74 Å². The van der Waals surface area contributed by atoms with E-state index in [0.29, 0.717) is 11.8 Å². The number of hydrogen-bond acceptors (Lipinski definition) is 3. The SMILES string of the molecule is Cc1cccc(C(=O)Oc2ccc(F)cc2F)n1. The van der Waals surface area contributed by atoms with Gasteiger partial charge in [-0.1, -0.05) is 6.07 Å².